The summed E-state index contributed by atoms with van der Waals surface area (Å²) in [7, 11) is -9.94. The van der Waals surface area contributed by atoms with Gasteiger partial charge >= 0.3 is 39.5 Å². The number of rotatable bonds is 75. The molecule has 0 aliphatic rings. The first-order valence-corrected chi connectivity index (χ1v) is 42.5. The van der Waals surface area contributed by atoms with E-state index in [-0.39, 0.29) is 25.7 Å². The minimum Gasteiger partial charge on any atom is -0.462 e. The summed E-state index contributed by atoms with van der Waals surface area (Å²) in [6, 6.07) is 0. The minimum atomic E-state index is -4.97. The number of carbonyl (C=O) groups is 4. The molecule has 19 heteroatoms. The van der Waals surface area contributed by atoms with E-state index < -0.39 is 97.5 Å². The van der Waals surface area contributed by atoms with Crippen molar-refractivity contribution in [1.29, 1.82) is 0 Å². The van der Waals surface area contributed by atoms with Gasteiger partial charge in [0.15, 0.2) is 12.2 Å². The highest BCUT2D eigenvalue weighted by atomic mass is 31.2. The molecule has 3 N–H and O–H groups in total. The van der Waals surface area contributed by atoms with E-state index in [1.807, 2.05) is 0 Å². The quantitative estimate of drug-likeness (QED) is 0.0169. The van der Waals surface area contributed by atoms with E-state index in [2.05, 4.69) is 88.5 Å². The third kappa shape index (κ3) is 71.2. The van der Waals surface area contributed by atoms with Gasteiger partial charge < -0.3 is 33.8 Å². The zero-order valence-electron chi connectivity index (χ0n) is 62.5. The van der Waals surface area contributed by atoms with Crippen molar-refractivity contribution in [3.8, 4) is 0 Å². The molecule has 0 amide bonds. The van der Waals surface area contributed by atoms with E-state index >= 15 is 0 Å². The Morgan fingerprint density at radius 2 is 0.510 bits per heavy atom. The largest absolute Gasteiger partial charge is 0.472 e. The number of esters is 4. The van der Waals surface area contributed by atoms with Crippen LogP contribution >= 0.6 is 15.6 Å². The van der Waals surface area contributed by atoms with Gasteiger partial charge in [0, 0.05) is 25.7 Å². The van der Waals surface area contributed by atoms with Crippen LogP contribution in [0.25, 0.3) is 0 Å². The van der Waals surface area contributed by atoms with Gasteiger partial charge in [-0.1, -0.05) is 288 Å². The first kappa shape index (κ1) is 94.8. The molecule has 0 radical (unpaired) electrons. The van der Waals surface area contributed by atoms with E-state index in [1.165, 1.54) is 128 Å². The molecule has 0 fully saturated rings. The van der Waals surface area contributed by atoms with Gasteiger partial charge in [-0.25, -0.2) is 9.13 Å². The lowest BCUT2D eigenvalue weighted by molar-refractivity contribution is -0.161. The molecule has 5 unspecified atom stereocenters. The molecule has 0 saturated heterocycles. The van der Waals surface area contributed by atoms with E-state index in [4.69, 9.17) is 37.0 Å². The monoisotopic (exact) mass is 1430 g/mol. The number of ether oxygens (including phenoxy) is 4. The average molecular weight is 1430 g/mol. The molecule has 0 bridgehead atoms. The molecular formula is C79H144O17P2. The number of aliphatic hydroxyl groups is 1. The van der Waals surface area contributed by atoms with Gasteiger partial charge in [0.1, 0.15) is 19.3 Å². The number of unbranched alkanes of at least 4 members (excludes halogenated alkanes) is 39. The fourth-order valence-corrected chi connectivity index (χ4v) is 12.4. The first-order valence-electron chi connectivity index (χ1n) is 39.5. The molecule has 0 aromatic rings. The average Bonchev–Trinajstić information content (AvgIpc) is 0.973. The van der Waals surface area contributed by atoms with Crippen molar-refractivity contribution in [1.82, 2.24) is 0 Å². The molecule has 0 heterocycles. The molecule has 17 nitrogen and oxygen atoms in total. The van der Waals surface area contributed by atoms with Crippen LogP contribution in [-0.4, -0.2) is 96.7 Å². The Balaban J connectivity index is 5.28. The van der Waals surface area contributed by atoms with E-state index in [9.17, 15) is 43.2 Å². The maximum Gasteiger partial charge on any atom is 0.472 e. The van der Waals surface area contributed by atoms with E-state index in [0.29, 0.717) is 25.7 Å². The van der Waals surface area contributed by atoms with Crippen LogP contribution in [0.3, 0.4) is 0 Å². The second-order valence-corrected chi connectivity index (χ2v) is 29.6. The Labute approximate surface area is 597 Å². The molecule has 0 saturated carbocycles. The minimum absolute atomic E-state index is 0.0852. The number of phosphoric ester groups is 2. The van der Waals surface area contributed by atoms with Gasteiger partial charge in [-0.05, 0) is 109 Å². The van der Waals surface area contributed by atoms with Gasteiger partial charge in [0.25, 0.3) is 0 Å². The summed E-state index contributed by atoms with van der Waals surface area (Å²) in [4.78, 5) is 72.8. The Bertz CT molecular complexity index is 2100. The van der Waals surface area contributed by atoms with Gasteiger partial charge in [0.2, 0.25) is 0 Å². The van der Waals surface area contributed by atoms with Crippen LogP contribution < -0.4 is 0 Å². The highest BCUT2D eigenvalue weighted by molar-refractivity contribution is 7.47. The van der Waals surface area contributed by atoms with Crippen molar-refractivity contribution < 1.29 is 80.2 Å². The van der Waals surface area contributed by atoms with Gasteiger partial charge in [-0.2, -0.15) is 0 Å². The maximum absolute atomic E-state index is 13.1. The number of allylic oxidation sites excluding steroid dienone is 10. The summed E-state index contributed by atoms with van der Waals surface area (Å²) in [6.07, 6.45) is 70.6. The zero-order chi connectivity index (χ0) is 71.8. The smallest absolute Gasteiger partial charge is 0.462 e. The fourth-order valence-electron chi connectivity index (χ4n) is 10.9. The standard InChI is InChI=1S/C79H144O17P2/c1-5-9-13-17-21-25-29-32-34-35-36-37-39-42-45-48-52-56-60-64-77(82)90-70-75(96-79(84)66-62-58-54-50-46-40-31-27-23-19-15-11-7-3)72-94-98(87,88)92-68-73(80)67-91-97(85,86)93-71-74(95-78(83)65-61-57-53-49-43-28-24-20-16-12-8-4)69-89-76(81)63-59-55-51-47-44-41-38-33-30-26-22-18-14-10-6-2/h20-21,24-25,27,31-32,34,36-37,73-75,80H,5-19,22-23,26,28-30,33,35,38-72H2,1-4H3,(H,85,86)(H,87,88)/b24-20-,25-21-,31-27-,34-32-,37-36-. The molecule has 572 valence electrons. The maximum atomic E-state index is 13.1. The Hall–Kier alpha value is -3.24. The molecule has 0 rings (SSSR count). The molecule has 0 aromatic heterocycles. The normalized spacial score (nSPS) is 14.2. The van der Waals surface area contributed by atoms with E-state index in [0.717, 1.165) is 154 Å². The van der Waals surface area contributed by atoms with Gasteiger partial charge in [0.05, 0.1) is 26.4 Å². The van der Waals surface area contributed by atoms with Crippen LogP contribution in [0.15, 0.2) is 60.8 Å². The lowest BCUT2D eigenvalue weighted by Gasteiger charge is -2.21. The third-order valence-electron chi connectivity index (χ3n) is 17.0. The number of carbonyl (C=O) groups excluding carboxylic acids is 4. The second-order valence-electron chi connectivity index (χ2n) is 26.7. The summed E-state index contributed by atoms with van der Waals surface area (Å²) < 4.78 is 68.5. The SMILES string of the molecule is CCCC/C=C\CCCCCCCC(=O)OC(COC(=O)CCCCCCCCCCCCCCCCC)COP(=O)(O)OCC(O)COP(=O)(O)OCC(COC(=O)CCCCCCCC/C=C\C/C=C\C/C=C\CCCCC)OC(=O)CCCCCCC/C=C\CCCCCC. The highest BCUT2D eigenvalue weighted by Gasteiger charge is 2.30. The lowest BCUT2D eigenvalue weighted by atomic mass is 10.0. The lowest BCUT2D eigenvalue weighted by Crippen LogP contribution is -2.30. The van der Waals surface area contributed by atoms with Crippen molar-refractivity contribution in [2.24, 2.45) is 0 Å². The number of aliphatic hydroxyl groups excluding tert-OH is 1. The van der Waals surface area contributed by atoms with Gasteiger partial charge in [-0.15, -0.1) is 0 Å². The van der Waals surface area contributed by atoms with Crippen LogP contribution in [0.1, 0.15) is 362 Å². The predicted octanol–water partition coefficient (Wildman–Crippen LogP) is 22.7. The van der Waals surface area contributed by atoms with Gasteiger partial charge in [-0.3, -0.25) is 37.3 Å². The van der Waals surface area contributed by atoms with Crippen LogP contribution in [-0.2, 0) is 65.4 Å². The first-order chi connectivity index (χ1) is 47.7. The third-order valence-corrected chi connectivity index (χ3v) is 18.9. The molecule has 0 spiro atoms. The topological polar surface area (TPSA) is 237 Å². The van der Waals surface area contributed by atoms with Crippen LogP contribution in [0.2, 0.25) is 0 Å². The zero-order valence-corrected chi connectivity index (χ0v) is 64.3. The molecular weight excluding hydrogens is 1280 g/mol. The van der Waals surface area contributed by atoms with Crippen molar-refractivity contribution in [2.75, 3.05) is 39.6 Å². The van der Waals surface area contributed by atoms with Crippen molar-refractivity contribution in [2.45, 2.75) is 380 Å². The summed E-state index contributed by atoms with van der Waals surface area (Å²) in [5, 5.41) is 10.6. The number of hydrogen-bond donors (Lipinski definition) is 3. The summed E-state index contributed by atoms with van der Waals surface area (Å²) >= 11 is 0. The van der Waals surface area contributed by atoms with Crippen molar-refractivity contribution in [3.05, 3.63) is 60.8 Å². The van der Waals surface area contributed by atoms with Crippen molar-refractivity contribution >= 4 is 39.5 Å². The summed E-state index contributed by atoms with van der Waals surface area (Å²) in [6.45, 7) is 4.82. The van der Waals surface area contributed by atoms with Crippen LogP contribution in [0.4, 0.5) is 0 Å². The fraction of sp³-hybridized carbons (Fsp3) is 0.823. The molecule has 0 aliphatic heterocycles. The summed E-state index contributed by atoms with van der Waals surface area (Å²) in [5.41, 5.74) is 0. The highest BCUT2D eigenvalue weighted by Crippen LogP contribution is 2.45. The molecule has 0 aromatic carbocycles. The van der Waals surface area contributed by atoms with Crippen molar-refractivity contribution in [3.63, 3.8) is 0 Å². The molecule has 5 atom stereocenters. The van der Waals surface area contributed by atoms with Crippen LogP contribution in [0.5, 0.6) is 0 Å². The molecule has 98 heavy (non-hydrogen) atoms. The Morgan fingerprint density at radius 3 is 0.837 bits per heavy atom. The second kappa shape index (κ2) is 72.1. The molecule has 0 aliphatic carbocycles. The predicted molar refractivity (Wildman–Crippen MR) is 400 cm³/mol. The number of phosphoric acid groups is 2. The van der Waals surface area contributed by atoms with E-state index in [1.54, 1.807) is 0 Å². The number of hydrogen-bond acceptors (Lipinski definition) is 15. The van der Waals surface area contributed by atoms with Crippen LogP contribution in [0, 0.1) is 0 Å². The Kier molecular flexibility index (Phi) is 69.7. The summed E-state index contributed by atoms with van der Waals surface area (Å²) in [5.74, 6) is -2.18. The Morgan fingerprint density at radius 1 is 0.286 bits per heavy atom.